The van der Waals surface area contributed by atoms with Gasteiger partial charge in [-0.05, 0) is 74.8 Å². The van der Waals surface area contributed by atoms with E-state index in [4.69, 9.17) is 4.74 Å². The molecule has 0 N–H and O–H groups in total. The molecular formula is C46H42BNOSi3. The number of anilines is 3. The Kier molecular flexibility index (Phi) is 6.77. The van der Waals surface area contributed by atoms with Crippen LogP contribution in [0.15, 0.2) is 161 Å². The second-order valence-electron chi connectivity index (χ2n) is 16.5. The zero-order chi connectivity index (χ0) is 35.6. The number of ether oxygens (including phenoxy) is 1. The summed E-state index contributed by atoms with van der Waals surface area (Å²) in [5.41, 5.74) is 13.4. The van der Waals surface area contributed by atoms with E-state index in [-0.39, 0.29) is 6.71 Å². The summed E-state index contributed by atoms with van der Waals surface area (Å²) in [7, 11) is -6.06. The van der Waals surface area contributed by atoms with Crippen molar-refractivity contribution in [2.75, 3.05) is 4.90 Å². The molecule has 0 bridgehead atoms. The molecule has 6 aromatic rings. The fourth-order valence-corrected chi connectivity index (χ4v) is 32.6. The molecule has 6 aromatic carbocycles. The molecule has 0 fully saturated rings. The van der Waals surface area contributed by atoms with Crippen molar-refractivity contribution >= 4 is 74.9 Å². The van der Waals surface area contributed by atoms with Gasteiger partial charge in [-0.25, -0.2) is 0 Å². The molecule has 6 heteroatoms. The van der Waals surface area contributed by atoms with E-state index in [1.165, 1.54) is 27.6 Å². The second kappa shape index (κ2) is 11.1. The summed E-state index contributed by atoms with van der Waals surface area (Å²) in [6.45, 7) is 16.1. The Balaban J connectivity index is 1.26. The first-order chi connectivity index (χ1) is 25.1. The molecule has 2 nitrogen and oxygen atoms in total. The molecule has 4 aliphatic heterocycles. The fourth-order valence-electron chi connectivity index (χ4n) is 10.8. The monoisotopic (exact) mass is 719 g/mol. The largest absolute Gasteiger partial charge is 0.458 e. The van der Waals surface area contributed by atoms with Gasteiger partial charge in [-0.3, -0.25) is 0 Å². The highest BCUT2D eigenvalue weighted by molar-refractivity contribution is 7.27. The number of fused-ring (bicyclic) bond motifs is 6. The third kappa shape index (κ3) is 4.29. The number of para-hydroxylation sites is 2. The number of nitrogens with zero attached hydrogens (tertiary/aromatic N) is 1. The van der Waals surface area contributed by atoms with Crippen molar-refractivity contribution in [2.45, 2.75) is 39.3 Å². The van der Waals surface area contributed by atoms with Crippen LogP contribution in [-0.4, -0.2) is 30.9 Å². The van der Waals surface area contributed by atoms with Crippen molar-refractivity contribution in [3.63, 3.8) is 0 Å². The number of allylic oxidation sites excluding steroid dienone is 2. The molecule has 10 rings (SSSR count). The van der Waals surface area contributed by atoms with Gasteiger partial charge in [0.05, 0.1) is 8.07 Å². The first kappa shape index (κ1) is 31.8. The Morgan fingerprint density at radius 2 is 1.08 bits per heavy atom. The van der Waals surface area contributed by atoms with Crippen molar-refractivity contribution in [2.24, 2.45) is 0 Å². The molecule has 0 atom stereocenters. The molecule has 0 amide bonds. The van der Waals surface area contributed by atoms with Crippen LogP contribution in [0, 0.1) is 0 Å². The lowest BCUT2D eigenvalue weighted by atomic mass is 9.34. The zero-order valence-corrected chi connectivity index (χ0v) is 33.8. The van der Waals surface area contributed by atoms with Gasteiger partial charge in [-0.15, -0.1) is 0 Å². The van der Waals surface area contributed by atoms with Crippen LogP contribution in [-0.2, 0) is 0 Å². The summed E-state index contributed by atoms with van der Waals surface area (Å²) < 4.78 is 7.24. The predicted molar refractivity (Wildman–Crippen MR) is 230 cm³/mol. The van der Waals surface area contributed by atoms with Gasteiger partial charge >= 0.3 is 0 Å². The van der Waals surface area contributed by atoms with E-state index in [0.29, 0.717) is 0 Å². The highest BCUT2D eigenvalue weighted by Crippen LogP contribution is 2.56. The van der Waals surface area contributed by atoms with Crippen molar-refractivity contribution in [1.82, 2.24) is 0 Å². The summed E-state index contributed by atoms with van der Waals surface area (Å²) in [6, 6.07) is 53.7. The van der Waals surface area contributed by atoms with E-state index in [1.807, 2.05) is 9.64 Å². The smallest absolute Gasteiger partial charge is 0.250 e. The molecule has 252 valence electrons. The summed E-state index contributed by atoms with van der Waals surface area (Å²) in [6.07, 6.45) is 0. The van der Waals surface area contributed by atoms with E-state index >= 15 is 0 Å². The van der Waals surface area contributed by atoms with Crippen LogP contribution in [0.2, 0.25) is 39.3 Å². The highest BCUT2D eigenvalue weighted by atomic mass is 28.4. The first-order valence-electron chi connectivity index (χ1n) is 18.6. The van der Waals surface area contributed by atoms with E-state index in [1.54, 1.807) is 21.4 Å². The first-order valence-corrected chi connectivity index (χ1v) is 27.6. The Bertz CT molecular complexity index is 2480. The van der Waals surface area contributed by atoms with Gasteiger partial charge in [0, 0.05) is 23.1 Å². The maximum Gasteiger partial charge on any atom is 0.250 e. The van der Waals surface area contributed by atoms with E-state index in [9.17, 15) is 0 Å². The summed E-state index contributed by atoms with van der Waals surface area (Å²) in [5, 5.41) is 3.19. The van der Waals surface area contributed by atoms with Crippen LogP contribution in [0.4, 0.5) is 17.1 Å². The SMILES string of the molecule is C[Si]1(C)C2=C(C3=C1[Si](C)(C)c1cc(-c4ccccc4)cc4c1B3c1ccc(N(c3ccccc3)c3ccccc3)cc1O4)c1ccccc1[Si]2(C)C. The highest BCUT2D eigenvalue weighted by Gasteiger charge is 2.61. The average molecular weight is 720 g/mol. The minimum absolute atomic E-state index is 0.139. The van der Waals surface area contributed by atoms with Gasteiger partial charge in [0.15, 0.2) is 0 Å². The number of hydrogen-bond acceptors (Lipinski definition) is 2. The fraction of sp³-hybridized carbons (Fsp3) is 0.130. The standard InChI is InChI=1S/C46H42BNOSi3/c1-50(2)40-25-17-16-24-36(40)42-44-46(52(5,6)45(42)50)51(3,4)41-29-32(31-18-10-7-11-19-31)28-39-43(41)47(44)37-27-26-35(30-38(37)49-39)48(33-20-12-8-13-21-33)34-22-14-9-15-23-34/h7-30H,1-6H3. The Hall–Kier alpha value is -4.88. The zero-order valence-electron chi connectivity index (χ0n) is 30.8. The molecule has 4 aliphatic rings. The van der Waals surface area contributed by atoms with E-state index in [2.05, 4.69) is 190 Å². The summed E-state index contributed by atoms with van der Waals surface area (Å²) in [5.74, 6) is 1.99. The van der Waals surface area contributed by atoms with Crippen LogP contribution in [0.25, 0.3) is 16.7 Å². The van der Waals surface area contributed by atoms with Crippen molar-refractivity contribution in [1.29, 1.82) is 0 Å². The molecule has 0 aromatic heterocycles. The summed E-state index contributed by atoms with van der Waals surface area (Å²) in [4.78, 5) is 6.08. The van der Waals surface area contributed by atoms with E-state index < -0.39 is 24.2 Å². The van der Waals surface area contributed by atoms with Crippen LogP contribution >= 0.6 is 0 Å². The third-order valence-electron chi connectivity index (χ3n) is 12.5. The third-order valence-corrected chi connectivity index (χ3v) is 29.6. The molecule has 0 unspecified atom stereocenters. The van der Waals surface area contributed by atoms with Gasteiger partial charge in [0.2, 0.25) is 0 Å². The lowest BCUT2D eigenvalue weighted by molar-refractivity contribution is 0.488. The lowest BCUT2D eigenvalue weighted by Gasteiger charge is -2.46. The average Bonchev–Trinajstić information content (AvgIpc) is 3.57. The molecule has 52 heavy (non-hydrogen) atoms. The van der Waals surface area contributed by atoms with Crippen LogP contribution in [0.1, 0.15) is 5.56 Å². The van der Waals surface area contributed by atoms with E-state index in [0.717, 1.165) is 28.6 Å². The van der Waals surface area contributed by atoms with Gasteiger partial charge in [-0.2, -0.15) is 0 Å². The normalized spacial score (nSPS) is 17.8. The minimum atomic E-state index is -2.15. The van der Waals surface area contributed by atoms with Gasteiger partial charge in [0.25, 0.3) is 6.71 Å². The lowest BCUT2D eigenvalue weighted by Crippen LogP contribution is -2.68. The quantitative estimate of drug-likeness (QED) is 0.168. The predicted octanol–water partition coefficient (Wildman–Crippen LogP) is 9.56. The van der Waals surface area contributed by atoms with Gasteiger partial charge < -0.3 is 9.64 Å². The van der Waals surface area contributed by atoms with Gasteiger partial charge in [-0.1, -0.05) is 163 Å². The maximum absolute atomic E-state index is 7.24. The van der Waals surface area contributed by atoms with Crippen LogP contribution in [0.5, 0.6) is 11.5 Å². The Morgan fingerprint density at radius 3 is 1.75 bits per heavy atom. The number of hydrogen-bond donors (Lipinski definition) is 0. The van der Waals surface area contributed by atoms with Gasteiger partial charge in [0.1, 0.15) is 27.6 Å². The van der Waals surface area contributed by atoms with Crippen LogP contribution < -0.4 is 30.9 Å². The summed E-state index contributed by atoms with van der Waals surface area (Å²) >= 11 is 0. The van der Waals surface area contributed by atoms with Crippen molar-refractivity contribution < 1.29 is 4.74 Å². The molecule has 0 saturated carbocycles. The molecule has 0 spiro atoms. The molecule has 4 heterocycles. The molecule has 0 aliphatic carbocycles. The Labute approximate surface area is 311 Å². The van der Waals surface area contributed by atoms with Crippen molar-refractivity contribution in [3.05, 3.63) is 166 Å². The second-order valence-corrected chi connectivity index (χ2v) is 30.4. The van der Waals surface area contributed by atoms with Crippen LogP contribution in [0.3, 0.4) is 0 Å². The number of benzene rings is 6. The topological polar surface area (TPSA) is 12.5 Å². The van der Waals surface area contributed by atoms with Crippen molar-refractivity contribution in [3.8, 4) is 22.6 Å². The minimum Gasteiger partial charge on any atom is -0.458 e. The Morgan fingerprint density at radius 1 is 0.481 bits per heavy atom. The maximum atomic E-state index is 7.24. The molecule has 0 saturated heterocycles. The molecular weight excluding hydrogens is 678 g/mol. The molecule has 0 radical (unpaired) electrons. The number of rotatable bonds is 4.